The zero-order chi connectivity index (χ0) is 18.3. The molecule has 1 aliphatic rings. The molecule has 0 N–H and O–H groups in total. The molecule has 1 atom stereocenters. The molecule has 0 spiro atoms. The van der Waals surface area contributed by atoms with Gasteiger partial charge in [-0.3, -0.25) is 18.8 Å². The van der Waals surface area contributed by atoms with Gasteiger partial charge in [0.1, 0.15) is 5.82 Å². The van der Waals surface area contributed by atoms with Gasteiger partial charge < -0.3 is 4.57 Å². The Morgan fingerprint density at radius 1 is 1.16 bits per heavy atom. The average molecular weight is 347 g/mol. The van der Waals surface area contributed by atoms with Crippen LogP contribution >= 0.6 is 0 Å². The third kappa shape index (κ3) is 3.17. The Bertz CT molecular complexity index is 889. The molecule has 0 amide bonds. The zero-order valence-electron chi connectivity index (χ0n) is 15.9. The summed E-state index contributed by atoms with van der Waals surface area (Å²) in [6.45, 7) is 9.02. The summed E-state index contributed by atoms with van der Waals surface area (Å²) in [5, 5.41) is 0. The van der Waals surface area contributed by atoms with Crippen molar-refractivity contribution >= 4 is 11.2 Å². The molecule has 7 heteroatoms. The normalized spacial score (nSPS) is 19.2. The lowest BCUT2D eigenvalue weighted by molar-refractivity contribution is 0.147. The van der Waals surface area contributed by atoms with E-state index < -0.39 is 0 Å². The fourth-order valence-corrected chi connectivity index (χ4v) is 3.75. The molecule has 0 aliphatic carbocycles. The summed E-state index contributed by atoms with van der Waals surface area (Å²) in [5.41, 5.74) is 0.445. The molecule has 138 valence electrons. The van der Waals surface area contributed by atoms with Crippen LogP contribution in [0.5, 0.6) is 0 Å². The third-order valence-corrected chi connectivity index (χ3v) is 5.26. The molecule has 7 nitrogen and oxygen atoms in total. The monoisotopic (exact) mass is 347 g/mol. The minimum absolute atomic E-state index is 0.260. The number of hydrogen-bond acceptors (Lipinski definition) is 4. The summed E-state index contributed by atoms with van der Waals surface area (Å²) >= 11 is 0. The molecule has 0 saturated carbocycles. The maximum Gasteiger partial charge on any atom is 0.332 e. The summed E-state index contributed by atoms with van der Waals surface area (Å²) in [7, 11) is 3.22. The Kier molecular flexibility index (Phi) is 4.86. The number of rotatable bonds is 4. The molecule has 0 unspecified atom stereocenters. The lowest BCUT2D eigenvalue weighted by atomic mass is 10.0. The predicted molar refractivity (Wildman–Crippen MR) is 98.8 cm³/mol. The highest BCUT2D eigenvalue weighted by atomic mass is 16.2. The smallest absolute Gasteiger partial charge is 0.321 e. The molecule has 1 fully saturated rings. The van der Waals surface area contributed by atoms with Gasteiger partial charge in [-0.1, -0.05) is 20.3 Å². The molecule has 0 aromatic carbocycles. The molecular formula is C18H29N5O2. The molecule has 3 rings (SSSR count). The summed E-state index contributed by atoms with van der Waals surface area (Å²) in [5.74, 6) is 1.27. The van der Waals surface area contributed by atoms with Crippen LogP contribution in [0, 0.1) is 5.92 Å². The van der Waals surface area contributed by atoms with Crippen LogP contribution in [0.1, 0.15) is 45.9 Å². The van der Waals surface area contributed by atoms with Gasteiger partial charge in [0.15, 0.2) is 11.2 Å². The van der Waals surface area contributed by atoms with E-state index in [1.807, 2.05) is 4.57 Å². The molecule has 1 aliphatic heterocycles. The van der Waals surface area contributed by atoms with Crippen molar-refractivity contribution in [3.05, 3.63) is 26.7 Å². The number of likely N-dealkylation sites (tertiary alicyclic amines) is 1. The van der Waals surface area contributed by atoms with Crippen LogP contribution in [0.15, 0.2) is 9.59 Å². The second-order valence-electron chi connectivity index (χ2n) is 7.73. The van der Waals surface area contributed by atoms with Crippen molar-refractivity contribution in [3.63, 3.8) is 0 Å². The van der Waals surface area contributed by atoms with Crippen molar-refractivity contribution in [3.8, 4) is 0 Å². The first-order valence-electron chi connectivity index (χ1n) is 9.20. The summed E-state index contributed by atoms with van der Waals surface area (Å²) in [4.78, 5) is 32.2. The summed E-state index contributed by atoms with van der Waals surface area (Å²) in [6, 6.07) is 0.521. The maximum absolute atomic E-state index is 12.7. The number of fused-ring (bicyclic) bond motifs is 1. The SMILES string of the molecule is CC(C)Cn1c(CN2CCCC[C@H]2C)nc2c1c(=O)n(C)c(=O)n2C. The van der Waals surface area contributed by atoms with Gasteiger partial charge in [0, 0.05) is 26.7 Å². The fourth-order valence-electron chi connectivity index (χ4n) is 3.75. The van der Waals surface area contributed by atoms with Crippen LogP contribution < -0.4 is 11.2 Å². The fraction of sp³-hybridized carbons (Fsp3) is 0.722. The van der Waals surface area contributed by atoms with Crippen molar-refractivity contribution in [2.45, 2.75) is 59.2 Å². The van der Waals surface area contributed by atoms with Crippen LogP contribution in [0.25, 0.3) is 11.2 Å². The number of imidazole rings is 1. The van der Waals surface area contributed by atoms with Crippen LogP contribution in [-0.4, -0.2) is 36.2 Å². The van der Waals surface area contributed by atoms with Gasteiger partial charge in [-0.25, -0.2) is 9.78 Å². The van der Waals surface area contributed by atoms with Crippen LogP contribution in [-0.2, 0) is 27.2 Å². The lowest BCUT2D eigenvalue weighted by Crippen LogP contribution is -2.38. The maximum atomic E-state index is 12.7. The van der Waals surface area contributed by atoms with Crippen molar-refractivity contribution in [1.29, 1.82) is 0 Å². The quantitative estimate of drug-likeness (QED) is 0.840. The van der Waals surface area contributed by atoms with Gasteiger partial charge in [0.25, 0.3) is 5.56 Å². The minimum Gasteiger partial charge on any atom is -0.321 e. The second-order valence-corrected chi connectivity index (χ2v) is 7.73. The van der Waals surface area contributed by atoms with E-state index in [1.54, 1.807) is 7.05 Å². The Morgan fingerprint density at radius 2 is 1.88 bits per heavy atom. The second kappa shape index (κ2) is 6.78. The highest BCUT2D eigenvalue weighted by molar-refractivity contribution is 5.71. The molecule has 0 bridgehead atoms. The van der Waals surface area contributed by atoms with Crippen molar-refractivity contribution < 1.29 is 0 Å². The summed E-state index contributed by atoms with van der Waals surface area (Å²) < 4.78 is 4.69. The van der Waals surface area contributed by atoms with Gasteiger partial charge in [-0.05, 0) is 32.2 Å². The van der Waals surface area contributed by atoms with E-state index in [0.29, 0.717) is 23.1 Å². The topological polar surface area (TPSA) is 65.1 Å². The predicted octanol–water partition coefficient (Wildman–Crippen LogP) is 1.46. The largest absolute Gasteiger partial charge is 0.332 e. The van der Waals surface area contributed by atoms with Gasteiger partial charge in [0.2, 0.25) is 0 Å². The van der Waals surface area contributed by atoms with E-state index in [2.05, 4.69) is 25.7 Å². The molecule has 2 aromatic rings. The molecule has 0 radical (unpaired) electrons. The van der Waals surface area contributed by atoms with Crippen molar-refractivity contribution in [1.82, 2.24) is 23.6 Å². The van der Waals surface area contributed by atoms with Crippen molar-refractivity contribution in [2.75, 3.05) is 6.54 Å². The Labute approximate surface area is 147 Å². The van der Waals surface area contributed by atoms with Crippen LogP contribution in [0.3, 0.4) is 0 Å². The van der Waals surface area contributed by atoms with E-state index in [9.17, 15) is 9.59 Å². The minimum atomic E-state index is -0.329. The molecule has 2 aromatic heterocycles. The standard InChI is InChI=1S/C18H29N5O2/c1-12(2)10-23-14(11-22-9-7-6-8-13(22)3)19-16-15(23)17(24)21(5)18(25)20(16)4/h12-13H,6-11H2,1-5H3/t13-/m1/s1. The number of hydrogen-bond donors (Lipinski definition) is 0. The van der Waals surface area contributed by atoms with Crippen LogP contribution in [0.2, 0.25) is 0 Å². The first kappa shape index (κ1) is 17.9. The molecular weight excluding hydrogens is 318 g/mol. The third-order valence-electron chi connectivity index (χ3n) is 5.26. The van der Waals surface area contributed by atoms with Gasteiger partial charge in [-0.15, -0.1) is 0 Å². The molecule has 25 heavy (non-hydrogen) atoms. The van der Waals surface area contributed by atoms with E-state index in [1.165, 1.54) is 35.4 Å². The van der Waals surface area contributed by atoms with E-state index in [-0.39, 0.29) is 11.2 Å². The van der Waals surface area contributed by atoms with Crippen molar-refractivity contribution in [2.24, 2.45) is 20.0 Å². The number of piperidine rings is 1. The zero-order valence-corrected chi connectivity index (χ0v) is 15.9. The van der Waals surface area contributed by atoms with E-state index in [0.717, 1.165) is 25.5 Å². The van der Waals surface area contributed by atoms with Gasteiger partial charge in [-0.2, -0.15) is 0 Å². The Balaban J connectivity index is 2.17. The molecule has 3 heterocycles. The van der Waals surface area contributed by atoms with Crippen LogP contribution in [0.4, 0.5) is 0 Å². The highest BCUT2D eigenvalue weighted by Crippen LogP contribution is 2.21. The van der Waals surface area contributed by atoms with E-state index in [4.69, 9.17) is 4.98 Å². The Morgan fingerprint density at radius 3 is 2.52 bits per heavy atom. The van der Waals surface area contributed by atoms with Gasteiger partial charge >= 0.3 is 5.69 Å². The number of aromatic nitrogens is 4. The first-order chi connectivity index (χ1) is 11.8. The molecule has 1 saturated heterocycles. The summed E-state index contributed by atoms with van der Waals surface area (Å²) in [6.07, 6.45) is 3.68. The number of nitrogens with zero attached hydrogens (tertiary/aromatic N) is 5. The lowest BCUT2D eigenvalue weighted by Gasteiger charge is -2.33. The Hall–Kier alpha value is -1.89. The van der Waals surface area contributed by atoms with Gasteiger partial charge in [0.05, 0.1) is 6.54 Å². The highest BCUT2D eigenvalue weighted by Gasteiger charge is 2.24. The first-order valence-corrected chi connectivity index (χ1v) is 9.20. The average Bonchev–Trinajstić information content (AvgIpc) is 2.91. The number of aryl methyl sites for hydroxylation is 1. The van der Waals surface area contributed by atoms with E-state index >= 15 is 0 Å².